The maximum absolute atomic E-state index is 12.0. The van der Waals surface area contributed by atoms with Gasteiger partial charge in [-0.25, -0.2) is 14.4 Å². The number of hydrogen-bond donors (Lipinski definition) is 2. The van der Waals surface area contributed by atoms with Crippen molar-refractivity contribution in [2.24, 2.45) is 5.92 Å². The molecule has 1 heterocycles. The predicted molar refractivity (Wildman–Crippen MR) is 104 cm³/mol. The molecule has 0 saturated carbocycles. The van der Waals surface area contributed by atoms with Gasteiger partial charge in [0.2, 0.25) is 0 Å². The summed E-state index contributed by atoms with van der Waals surface area (Å²) in [5.74, 6) is -0.631. The van der Waals surface area contributed by atoms with E-state index in [2.05, 4.69) is 5.32 Å². The molecule has 0 aliphatic carbocycles. The third-order valence-electron chi connectivity index (χ3n) is 4.40. The van der Waals surface area contributed by atoms with E-state index in [4.69, 9.17) is 14.6 Å². The highest BCUT2D eigenvalue weighted by Gasteiger charge is 2.26. The third-order valence-corrected chi connectivity index (χ3v) is 4.40. The molecule has 0 bridgehead atoms. The molecule has 1 aliphatic rings. The lowest BCUT2D eigenvalue weighted by atomic mass is 9.94. The van der Waals surface area contributed by atoms with Gasteiger partial charge in [0.25, 0.3) is 0 Å². The van der Waals surface area contributed by atoms with Gasteiger partial charge in [-0.05, 0) is 70.2 Å². The predicted octanol–water partition coefficient (Wildman–Crippen LogP) is 3.97. The van der Waals surface area contributed by atoms with Crippen LogP contribution in [0.1, 0.15) is 50.4 Å². The number of carboxylic acid groups (broad SMARTS) is 1. The molecule has 1 fully saturated rings. The largest absolute Gasteiger partial charge is 0.478 e. The zero-order valence-corrected chi connectivity index (χ0v) is 16.6. The van der Waals surface area contributed by atoms with E-state index >= 15 is 0 Å². The Hall–Kier alpha value is -2.77. The molecule has 154 valence electrons. The second kappa shape index (κ2) is 9.43. The Morgan fingerprint density at radius 3 is 2.29 bits per heavy atom. The standard InChI is InChI=1S/C20H28N2O6/c1-20(2,3)28-19(26)22-11-8-14(9-12-22)10-13-27-18(25)21-16-6-4-15(5-7-16)17(23)24/h4-7,14H,8-13H2,1-3H3,(H,21,25)(H,23,24). The van der Waals surface area contributed by atoms with Crippen LogP contribution in [0.3, 0.4) is 0 Å². The van der Waals surface area contributed by atoms with Gasteiger partial charge in [0.1, 0.15) is 5.60 Å². The average molecular weight is 392 g/mol. The maximum Gasteiger partial charge on any atom is 0.411 e. The number of amides is 2. The molecule has 8 heteroatoms. The van der Waals surface area contributed by atoms with Crippen molar-refractivity contribution in [1.29, 1.82) is 0 Å². The van der Waals surface area contributed by atoms with Crippen LogP contribution in [0, 0.1) is 5.92 Å². The molecule has 2 amide bonds. The topological polar surface area (TPSA) is 105 Å². The average Bonchev–Trinajstić information content (AvgIpc) is 2.61. The zero-order valence-electron chi connectivity index (χ0n) is 16.6. The number of ether oxygens (including phenoxy) is 2. The Bertz CT molecular complexity index is 688. The number of nitrogens with zero attached hydrogens (tertiary/aromatic N) is 1. The highest BCUT2D eigenvalue weighted by molar-refractivity contribution is 5.89. The highest BCUT2D eigenvalue weighted by Crippen LogP contribution is 2.22. The Morgan fingerprint density at radius 1 is 1.14 bits per heavy atom. The first-order valence-electron chi connectivity index (χ1n) is 9.39. The van der Waals surface area contributed by atoms with E-state index in [1.807, 2.05) is 20.8 Å². The molecule has 0 unspecified atom stereocenters. The van der Waals surface area contributed by atoms with Crippen molar-refractivity contribution in [3.63, 3.8) is 0 Å². The summed E-state index contributed by atoms with van der Waals surface area (Å²) in [4.78, 5) is 36.4. The fourth-order valence-corrected chi connectivity index (χ4v) is 2.90. The van der Waals surface area contributed by atoms with Gasteiger partial charge in [-0.2, -0.15) is 0 Å². The number of aromatic carboxylic acids is 1. The lowest BCUT2D eigenvalue weighted by Crippen LogP contribution is -2.41. The summed E-state index contributed by atoms with van der Waals surface area (Å²) in [6, 6.07) is 5.85. The maximum atomic E-state index is 12.0. The molecule has 1 aliphatic heterocycles. The molecule has 2 N–H and O–H groups in total. The van der Waals surface area contributed by atoms with Crippen molar-refractivity contribution in [2.75, 3.05) is 25.0 Å². The molecule has 8 nitrogen and oxygen atoms in total. The van der Waals surface area contributed by atoms with Gasteiger partial charge in [-0.1, -0.05) is 0 Å². The van der Waals surface area contributed by atoms with Crippen molar-refractivity contribution in [1.82, 2.24) is 4.90 Å². The molecule has 0 aromatic heterocycles. The van der Waals surface area contributed by atoms with Crippen molar-refractivity contribution in [3.8, 4) is 0 Å². The van der Waals surface area contributed by atoms with E-state index in [9.17, 15) is 14.4 Å². The number of nitrogens with one attached hydrogen (secondary N) is 1. The van der Waals surface area contributed by atoms with Crippen LogP contribution in [0.5, 0.6) is 0 Å². The van der Waals surface area contributed by atoms with Crippen molar-refractivity contribution in [3.05, 3.63) is 29.8 Å². The van der Waals surface area contributed by atoms with Crippen molar-refractivity contribution in [2.45, 2.75) is 45.6 Å². The van der Waals surface area contributed by atoms with Gasteiger partial charge >= 0.3 is 18.2 Å². The Balaban J connectivity index is 1.65. The van der Waals surface area contributed by atoms with E-state index < -0.39 is 17.7 Å². The summed E-state index contributed by atoms with van der Waals surface area (Å²) in [6.45, 7) is 7.11. The van der Waals surface area contributed by atoms with E-state index in [0.717, 1.165) is 19.3 Å². The monoisotopic (exact) mass is 392 g/mol. The number of rotatable bonds is 5. The number of carbonyl (C=O) groups is 3. The number of anilines is 1. The molecule has 28 heavy (non-hydrogen) atoms. The number of benzene rings is 1. The van der Waals surface area contributed by atoms with Crippen molar-refractivity contribution < 1.29 is 29.0 Å². The van der Waals surface area contributed by atoms with Gasteiger partial charge in [-0.3, -0.25) is 5.32 Å². The van der Waals surface area contributed by atoms with E-state index in [0.29, 0.717) is 24.7 Å². The van der Waals surface area contributed by atoms with Crippen LogP contribution in [0.4, 0.5) is 15.3 Å². The Labute approximate surface area is 164 Å². The molecule has 1 aromatic rings. The summed E-state index contributed by atoms with van der Waals surface area (Å²) in [7, 11) is 0. The minimum absolute atomic E-state index is 0.150. The Morgan fingerprint density at radius 2 is 1.75 bits per heavy atom. The number of carbonyl (C=O) groups excluding carboxylic acids is 2. The molecule has 2 rings (SSSR count). The molecule has 0 radical (unpaired) electrons. The normalized spacial score (nSPS) is 15.0. The highest BCUT2D eigenvalue weighted by atomic mass is 16.6. The molecule has 0 atom stereocenters. The van der Waals surface area contributed by atoms with Crippen LogP contribution in [-0.2, 0) is 9.47 Å². The van der Waals surface area contributed by atoms with E-state index in [1.54, 1.807) is 4.90 Å². The molecule has 1 saturated heterocycles. The fourth-order valence-electron chi connectivity index (χ4n) is 2.90. The SMILES string of the molecule is CC(C)(C)OC(=O)N1CCC(CCOC(=O)Nc2ccc(C(=O)O)cc2)CC1. The number of piperidine rings is 1. The van der Waals surface area contributed by atoms with E-state index in [-0.39, 0.29) is 18.3 Å². The number of hydrogen-bond acceptors (Lipinski definition) is 5. The second-order valence-electron chi connectivity index (χ2n) is 7.84. The zero-order chi connectivity index (χ0) is 20.7. The molecule has 1 aromatic carbocycles. The molecular weight excluding hydrogens is 364 g/mol. The summed E-state index contributed by atoms with van der Waals surface area (Å²) in [5, 5.41) is 11.4. The lowest BCUT2D eigenvalue weighted by molar-refractivity contribution is 0.0175. The van der Waals surface area contributed by atoms with Crippen LogP contribution in [0.2, 0.25) is 0 Å². The van der Waals surface area contributed by atoms with E-state index in [1.165, 1.54) is 24.3 Å². The van der Waals surface area contributed by atoms with Gasteiger partial charge in [0.05, 0.1) is 12.2 Å². The molecule has 0 spiro atoms. The van der Waals surface area contributed by atoms with Gasteiger partial charge in [0.15, 0.2) is 0 Å². The van der Waals surface area contributed by atoms with Gasteiger partial charge in [0, 0.05) is 18.8 Å². The second-order valence-corrected chi connectivity index (χ2v) is 7.84. The molecular formula is C20H28N2O6. The summed E-state index contributed by atoms with van der Waals surface area (Å²) in [6.07, 6.45) is 1.57. The van der Waals surface area contributed by atoms with Crippen molar-refractivity contribution >= 4 is 23.8 Å². The first-order valence-corrected chi connectivity index (χ1v) is 9.39. The van der Waals surface area contributed by atoms with Gasteiger partial charge in [-0.15, -0.1) is 0 Å². The fraction of sp³-hybridized carbons (Fsp3) is 0.550. The minimum atomic E-state index is -1.02. The van der Waals surface area contributed by atoms with Gasteiger partial charge < -0.3 is 19.5 Å². The smallest absolute Gasteiger partial charge is 0.411 e. The number of carboxylic acids is 1. The van der Waals surface area contributed by atoms with Crippen LogP contribution in [0.25, 0.3) is 0 Å². The lowest BCUT2D eigenvalue weighted by Gasteiger charge is -2.33. The first-order chi connectivity index (χ1) is 13.1. The quantitative estimate of drug-likeness (QED) is 0.785. The summed E-state index contributed by atoms with van der Waals surface area (Å²) < 4.78 is 10.6. The number of likely N-dealkylation sites (tertiary alicyclic amines) is 1. The Kier molecular flexibility index (Phi) is 7.25. The summed E-state index contributed by atoms with van der Waals surface area (Å²) in [5.41, 5.74) is 0.126. The van der Waals surface area contributed by atoms with Crippen LogP contribution in [-0.4, -0.2) is 53.5 Å². The third kappa shape index (κ3) is 7.09. The summed E-state index contributed by atoms with van der Waals surface area (Å²) >= 11 is 0. The van der Waals surface area contributed by atoms with Crippen LogP contribution < -0.4 is 5.32 Å². The minimum Gasteiger partial charge on any atom is -0.478 e. The van der Waals surface area contributed by atoms with Crippen LogP contribution in [0.15, 0.2) is 24.3 Å². The van der Waals surface area contributed by atoms with Crippen LogP contribution >= 0.6 is 0 Å². The first kappa shape index (κ1) is 21.5.